The van der Waals surface area contributed by atoms with Crippen molar-refractivity contribution >= 4 is 34.9 Å². The Hall–Kier alpha value is -2.42. The second kappa shape index (κ2) is 17.3. The molecular formula is C48H79N3O6. The fourth-order valence-electron chi connectivity index (χ4n) is 12.3. The standard InChI is InChI=1S/C48H79N3O6/c1-12-19-33(41(55)39(54)29-44(4,5)6)26-37(52)36-28-48(46(10,11)47(48)23-18-24-47)30-51(36)43(57)34(45(7,8)9)27-38(53)40(32-20-14-13-15-21-32)49-42(56)35-22-16-17-25-50(35)31(2)3/h31-36,40H,12-30H2,1-11H3,(H,49,56)/t33-,34-,35+,36+,40+,48-/m1/s1. The van der Waals surface area contributed by atoms with Gasteiger partial charge in [0.15, 0.2) is 17.3 Å². The van der Waals surface area contributed by atoms with Gasteiger partial charge in [-0.3, -0.25) is 33.7 Å². The number of nitrogens with zero attached hydrogens (tertiary/aromatic N) is 2. The maximum Gasteiger partial charge on any atom is 0.237 e. The highest BCUT2D eigenvalue weighted by molar-refractivity contribution is 6.38. The molecule has 2 amide bonds. The zero-order chi connectivity index (χ0) is 42.3. The van der Waals surface area contributed by atoms with Crippen LogP contribution in [-0.2, 0) is 28.8 Å². The van der Waals surface area contributed by atoms with E-state index in [9.17, 15) is 24.0 Å². The van der Waals surface area contributed by atoms with Gasteiger partial charge in [0.25, 0.3) is 0 Å². The molecule has 6 atom stereocenters. The molecule has 0 bridgehead atoms. The molecule has 2 aliphatic heterocycles. The summed E-state index contributed by atoms with van der Waals surface area (Å²) in [6.45, 7) is 24.0. The number of hydrogen-bond acceptors (Lipinski definition) is 7. The molecular weight excluding hydrogens is 715 g/mol. The lowest BCUT2D eigenvalue weighted by atomic mass is 9.73. The van der Waals surface area contributed by atoms with Crippen LogP contribution < -0.4 is 5.32 Å². The second-order valence-corrected chi connectivity index (χ2v) is 22.3. The average molecular weight is 794 g/mol. The summed E-state index contributed by atoms with van der Waals surface area (Å²) in [4.78, 5) is 89.7. The van der Waals surface area contributed by atoms with E-state index >= 15 is 4.79 Å². The average Bonchev–Trinajstić information content (AvgIpc) is 3.32. The second-order valence-electron chi connectivity index (χ2n) is 22.3. The number of rotatable bonds is 16. The zero-order valence-electron chi connectivity index (χ0n) is 37.8. The first kappa shape index (κ1) is 45.7. The van der Waals surface area contributed by atoms with Crippen molar-refractivity contribution in [2.24, 2.45) is 44.8 Å². The predicted molar refractivity (Wildman–Crippen MR) is 225 cm³/mol. The highest BCUT2D eigenvalue weighted by atomic mass is 16.2. The van der Waals surface area contributed by atoms with Crippen molar-refractivity contribution in [3.63, 3.8) is 0 Å². The Kier molecular flexibility index (Phi) is 13.8. The monoisotopic (exact) mass is 794 g/mol. The summed E-state index contributed by atoms with van der Waals surface area (Å²) < 4.78 is 0. The fourth-order valence-corrected chi connectivity index (χ4v) is 12.3. The topological polar surface area (TPSA) is 121 Å². The minimum atomic E-state index is -0.705. The Labute approximate surface area is 345 Å². The number of carbonyl (C=O) groups excluding carboxylic acids is 6. The number of nitrogens with one attached hydrogen (secondary N) is 1. The van der Waals surface area contributed by atoms with Crippen LogP contribution in [0.2, 0.25) is 0 Å². The first-order valence-corrected chi connectivity index (χ1v) is 23.0. The molecule has 5 rings (SSSR count). The van der Waals surface area contributed by atoms with Gasteiger partial charge in [-0.05, 0) is 99.3 Å². The van der Waals surface area contributed by atoms with Gasteiger partial charge < -0.3 is 10.2 Å². The van der Waals surface area contributed by atoms with Gasteiger partial charge in [-0.1, -0.05) is 101 Å². The summed E-state index contributed by atoms with van der Waals surface area (Å²) in [5.74, 6) is -2.71. The molecule has 0 aromatic rings. The van der Waals surface area contributed by atoms with Gasteiger partial charge in [0.05, 0.1) is 18.1 Å². The number of likely N-dealkylation sites (tertiary alicyclic amines) is 2. The van der Waals surface area contributed by atoms with E-state index in [1.165, 1.54) is 0 Å². The highest BCUT2D eigenvalue weighted by Crippen LogP contribution is 2.88. The summed E-state index contributed by atoms with van der Waals surface area (Å²) in [6, 6.07) is -1.40. The molecule has 2 heterocycles. The van der Waals surface area contributed by atoms with Crippen LogP contribution in [-0.4, -0.2) is 82.0 Å². The molecule has 1 N–H and O–H groups in total. The molecule has 322 valence electrons. The smallest absolute Gasteiger partial charge is 0.237 e. The number of amides is 2. The number of hydrogen-bond donors (Lipinski definition) is 1. The molecule has 0 radical (unpaired) electrons. The lowest BCUT2D eigenvalue weighted by Crippen LogP contribution is -2.57. The van der Waals surface area contributed by atoms with Crippen molar-refractivity contribution in [3.8, 4) is 0 Å². The van der Waals surface area contributed by atoms with Gasteiger partial charge in [0.1, 0.15) is 0 Å². The normalized spacial score (nSPS) is 27.8. The first-order chi connectivity index (χ1) is 26.5. The van der Waals surface area contributed by atoms with Crippen LogP contribution in [0, 0.1) is 44.8 Å². The lowest BCUT2D eigenvalue weighted by Gasteiger charge is -2.40. The molecule has 9 nitrogen and oxygen atoms in total. The lowest BCUT2D eigenvalue weighted by molar-refractivity contribution is -0.147. The van der Waals surface area contributed by atoms with E-state index in [0.717, 1.165) is 77.2 Å². The van der Waals surface area contributed by atoms with Gasteiger partial charge in [-0.15, -0.1) is 0 Å². The fraction of sp³-hybridized carbons (Fsp3) is 0.875. The molecule has 2 spiro atoms. The minimum Gasteiger partial charge on any atom is -0.345 e. The summed E-state index contributed by atoms with van der Waals surface area (Å²) in [7, 11) is 0. The predicted octanol–water partition coefficient (Wildman–Crippen LogP) is 8.68. The first-order valence-electron chi connectivity index (χ1n) is 23.0. The summed E-state index contributed by atoms with van der Waals surface area (Å²) in [6.07, 6.45) is 12.8. The third kappa shape index (κ3) is 9.04. The van der Waals surface area contributed by atoms with Crippen molar-refractivity contribution in [2.75, 3.05) is 13.1 Å². The van der Waals surface area contributed by atoms with Crippen molar-refractivity contribution in [2.45, 2.75) is 209 Å². The molecule has 2 saturated heterocycles. The van der Waals surface area contributed by atoms with Crippen molar-refractivity contribution in [1.82, 2.24) is 15.1 Å². The number of Topliss-reactive ketones (excluding diaryl/α,β-unsaturated/α-hetero) is 4. The number of fused-ring (bicyclic) bond motifs is 1. The van der Waals surface area contributed by atoms with E-state index in [2.05, 4.69) is 37.9 Å². The molecule has 5 fully saturated rings. The Bertz CT molecular complexity index is 1520. The third-order valence-electron chi connectivity index (χ3n) is 15.9. The van der Waals surface area contributed by atoms with Crippen LogP contribution in [0.15, 0.2) is 0 Å². The van der Waals surface area contributed by atoms with Gasteiger partial charge >= 0.3 is 0 Å². The largest absolute Gasteiger partial charge is 0.345 e. The van der Waals surface area contributed by atoms with Crippen LogP contribution in [0.25, 0.3) is 0 Å². The van der Waals surface area contributed by atoms with Crippen molar-refractivity contribution in [1.29, 1.82) is 0 Å². The van der Waals surface area contributed by atoms with Crippen molar-refractivity contribution < 1.29 is 28.8 Å². The van der Waals surface area contributed by atoms with Crippen LogP contribution in [0.3, 0.4) is 0 Å². The zero-order valence-corrected chi connectivity index (χ0v) is 37.8. The van der Waals surface area contributed by atoms with Crippen molar-refractivity contribution in [3.05, 3.63) is 0 Å². The van der Waals surface area contributed by atoms with E-state index in [1.54, 1.807) is 0 Å². The van der Waals surface area contributed by atoms with Gasteiger partial charge in [0, 0.05) is 49.1 Å². The number of carbonyl (C=O) groups is 6. The molecule has 3 aliphatic carbocycles. The number of piperidine rings is 1. The summed E-state index contributed by atoms with van der Waals surface area (Å²) >= 11 is 0. The van der Waals surface area contributed by atoms with E-state index in [0.29, 0.717) is 25.8 Å². The summed E-state index contributed by atoms with van der Waals surface area (Å²) in [5.41, 5.74) is -1.09. The maximum atomic E-state index is 15.3. The Morgan fingerprint density at radius 2 is 1.42 bits per heavy atom. The van der Waals surface area contributed by atoms with E-state index in [4.69, 9.17) is 0 Å². The van der Waals surface area contributed by atoms with Gasteiger partial charge in [0.2, 0.25) is 17.6 Å². The minimum absolute atomic E-state index is 0.000458. The maximum absolute atomic E-state index is 15.3. The van der Waals surface area contributed by atoms with Crippen LogP contribution in [0.5, 0.6) is 0 Å². The Balaban J connectivity index is 1.43. The van der Waals surface area contributed by atoms with E-state index < -0.39 is 40.9 Å². The van der Waals surface area contributed by atoms with Crippen LogP contribution in [0.1, 0.15) is 185 Å². The highest BCUT2D eigenvalue weighted by Gasteiger charge is 2.85. The molecule has 5 aliphatic rings. The molecule has 3 saturated carbocycles. The quantitative estimate of drug-likeness (QED) is 0.155. The molecule has 57 heavy (non-hydrogen) atoms. The Morgan fingerprint density at radius 1 is 0.789 bits per heavy atom. The van der Waals surface area contributed by atoms with E-state index in [-0.39, 0.29) is 82.3 Å². The molecule has 0 unspecified atom stereocenters. The van der Waals surface area contributed by atoms with E-state index in [1.807, 2.05) is 53.4 Å². The molecule has 0 aromatic heterocycles. The van der Waals surface area contributed by atoms with Gasteiger partial charge in [-0.2, -0.15) is 0 Å². The summed E-state index contributed by atoms with van der Waals surface area (Å²) in [5, 5.41) is 3.29. The van der Waals surface area contributed by atoms with Crippen LogP contribution >= 0.6 is 0 Å². The molecule has 9 heteroatoms. The SMILES string of the molecule is CCC[C@H](CC(=O)[C@@H]1C[C@@]2(CN1C(=O)[C@@H](CC(=O)[C@@H](NC(=O)[C@@H]1CCCCN1C(C)C)C1CCCCC1)C(C)(C)C)C(C)(C)C21CCC1)C(=O)C(=O)CC(C)(C)C. The molecule has 0 aromatic carbocycles. The van der Waals surface area contributed by atoms with Crippen LogP contribution in [0.4, 0.5) is 0 Å². The van der Waals surface area contributed by atoms with Gasteiger partial charge in [-0.25, -0.2) is 0 Å². The number of ketones is 4. The third-order valence-corrected chi connectivity index (χ3v) is 15.9. The Morgan fingerprint density at radius 3 is 1.95 bits per heavy atom.